The first-order valence-corrected chi connectivity index (χ1v) is 12.2. The van der Waals surface area contributed by atoms with Crippen LogP contribution in [0.3, 0.4) is 0 Å². The fourth-order valence-electron chi connectivity index (χ4n) is 4.05. The Morgan fingerprint density at radius 2 is 2.11 bits per heavy atom. The van der Waals surface area contributed by atoms with Gasteiger partial charge in [0.15, 0.2) is 5.82 Å². The Labute approximate surface area is 210 Å². The Bertz CT molecular complexity index is 1380. The number of hydrogen-bond donors (Lipinski definition) is 4. The number of carbonyl (C=O) groups excluding carboxylic acids is 1. The fraction of sp³-hybridized carbons (Fsp3) is 0.304. The van der Waals surface area contributed by atoms with E-state index in [1.54, 1.807) is 30.5 Å². The number of aromatic nitrogens is 6. The number of hydroxylamine groups is 1. The van der Waals surface area contributed by atoms with Crippen molar-refractivity contribution in [2.75, 3.05) is 44.1 Å². The van der Waals surface area contributed by atoms with Crippen LogP contribution in [0.25, 0.3) is 22.3 Å². The number of nitrogens with zero attached hydrogens (tertiary/aromatic N) is 6. The second-order valence-electron chi connectivity index (χ2n) is 8.27. The van der Waals surface area contributed by atoms with E-state index in [2.05, 4.69) is 25.5 Å². The van der Waals surface area contributed by atoms with Crippen LogP contribution in [0.15, 0.2) is 41.7 Å². The molecular formula is C23H25N9O3S. The molecule has 1 aliphatic rings. The summed E-state index contributed by atoms with van der Waals surface area (Å²) in [6, 6.07) is 5.94. The van der Waals surface area contributed by atoms with Crippen LogP contribution in [0.1, 0.15) is 16.1 Å². The number of ether oxygens (including phenoxy) is 1. The lowest BCUT2D eigenvalue weighted by Crippen LogP contribution is -2.29. The number of fused-ring (bicyclic) bond motifs is 2. The number of methoxy groups -OCH3 is 1. The van der Waals surface area contributed by atoms with E-state index in [1.807, 2.05) is 30.1 Å². The van der Waals surface area contributed by atoms with Gasteiger partial charge in [-0.15, -0.1) is 11.8 Å². The molecule has 1 atom stereocenters. The third-order valence-corrected chi connectivity index (χ3v) is 7.10. The zero-order chi connectivity index (χ0) is 25.1. The van der Waals surface area contributed by atoms with Gasteiger partial charge in [-0.05, 0) is 6.07 Å². The lowest BCUT2D eigenvalue weighted by Gasteiger charge is -2.20. The molecule has 4 heterocycles. The molecule has 4 N–H and O–H groups in total. The molecule has 3 aromatic heterocycles. The van der Waals surface area contributed by atoms with Crippen LogP contribution in [0, 0.1) is 0 Å². The summed E-state index contributed by atoms with van der Waals surface area (Å²) in [5.74, 6) is 1.27. The Kier molecular flexibility index (Phi) is 6.93. The summed E-state index contributed by atoms with van der Waals surface area (Å²) in [5.41, 5.74) is 4.60. The minimum atomic E-state index is -0.653. The van der Waals surface area contributed by atoms with Crippen LogP contribution < -0.4 is 15.7 Å². The number of rotatable bonds is 9. The van der Waals surface area contributed by atoms with Crippen molar-refractivity contribution < 1.29 is 14.7 Å². The van der Waals surface area contributed by atoms with E-state index in [0.29, 0.717) is 31.5 Å². The smallest absolute Gasteiger partial charge is 0.277 e. The molecule has 0 fully saturated rings. The molecule has 0 spiro atoms. The van der Waals surface area contributed by atoms with Gasteiger partial charge in [0.05, 0.1) is 34.5 Å². The van der Waals surface area contributed by atoms with Crippen molar-refractivity contribution in [1.29, 1.82) is 0 Å². The van der Waals surface area contributed by atoms with Crippen molar-refractivity contribution in [1.82, 2.24) is 35.6 Å². The second-order valence-corrected chi connectivity index (χ2v) is 9.58. The van der Waals surface area contributed by atoms with Crippen molar-refractivity contribution in [2.24, 2.45) is 0 Å². The molecule has 0 saturated heterocycles. The van der Waals surface area contributed by atoms with E-state index in [4.69, 9.17) is 19.9 Å². The number of H-pyrrole nitrogens is 1. The predicted molar refractivity (Wildman–Crippen MR) is 135 cm³/mol. The number of carbonyl (C=O) groups is 1. The van der Waals surface area contributed by atoms with Crippen LogP contribution in [0.2, 0.25) is 0 Å². The number of thioether (sulfide) groups is 1. The third kappa shape index (κ3) is 4.80. The largest absolute Gasteiger partial charge is 0.383 e. The first-order chi connectivity index (χ1) is 17.6. The van der Waals surface area contributed by atoms with E-state index in [1.165, 1.54) is 12.4 Å². The van der Waals surface area contributed by atoms with Crippen molar-refractivity contribution in [3.63, 3.8) is 0 Å². The van der Waals surface area contributed by atoms with Gasteiger partial charge in [0.1, 0.15) is 5.82 Å². The summed E-state index contributed by atoms with van der Waals surface area (Å²) in [6.07, 6.45) is 5.31. The van der Waals surface area contributed by atoms with E-state index in [-0.39, 0.29) is 10.8 Å². The number of anilines is 2. The van der Waals surface area contributed by atoms with Crippen LogP contribution in [-0.2, 0) is 11.2 Å². The maximum Gasteiger partial charge on any atom is 0.277 e. The van der Waals surface area contributed by atoms with E-state index < -0.39 is 5.91 Å². The number of nitrogens with one attached hydrogen (secondary N) is 3. The average Bonchev–Trinajstić information content (AvgIpc) is 3.55. The van der Waals surface area contributed by atoms with Crippen molar-refractivity contribution >= 4 is 40.3 Å². The maximum absolute atomic E-state index is 11.5. The Morgan fingerprint density at radius 1 is 1.28 bits per heavy atom. The normalized spacial score (nSPS) is 14.6. The number of benzene rings is 1. The second kappa shape index (κ2) is 10.4. The number of hydrogen-bond acceptors (Lipinski definition) is 11. The van der Waals surface area contributed by atoms with Gasteiger partial charge in [0.2, 0.25) is 5.95 Å². The molecule has 0 aliphatic carbocycles. The number of amides is 1. The highest BCUT2D eigenvalue weighted by atomic mass is 32.2. The van der Waals surface area contributed by atoms with Gasteiger partial charge < -0.3 is 15.0 Å². The zero-order valence-corrected chi connectivity index (χ0v) is 20.5. The lowest BCUT2D eigenvalue weighted by molar-refractivity contribution is 0.0705. The molecule has 0 saturated carbocycles. The van der Waals surface area contributed by atoms with Crippen molar-refractivity contribution in [2.45, 2.75) is 16.6 Å². The molecule has 1 aliphatic heterocycles. The molecule has 0 bridgehead atoms. The Hall–Kier alpha value is -3.81. The van der Waals surface area contributed by atoms with Crippen LogP contribution in [0.5, 0.6) is 0 Å². The minimum absolute atomic E-state index is 0.180. The highest BCUT2D eigenvalue weighted by molar-refractivity contribution is 8.00. The SMILES string of the molecule is COCCNc1nc(-c2cccc3[nH]ncc23)nc2c1SC(CN(C)c1ncc(C(=O)NO)cn1)C2. The summed E-state index contributed by atoms with van der Waals surface area (Å²) in [6.45, 7) is 1.85. The Morgan fingerprint density at radius 3 is 2.89 bits per heavy atom. The van der Waals surface area contributed by atoms with Gasteiger partial charge in [-0.3, -0.25) is 15.1 Å². The maximum atomic E-state index is 11.5. The summed E-state index contributed by atoms with van der Waals surface area (Å²) in [5, 5.41) is 20.5. The summed E-state index contributed by atoms with van der Waals surface area (Å²) >= 11 is 1.72. The summed E-state index contributed by atoms with van der Waals surface area (Å²) in [7, 11) is 3.57. The molecule has 1 unspecified atom stereocenters. The molecule has 36 heavy (non-hydrogen) atoms. The molecule has 5 rings (SSSR count). The molecular weight excluding hydrogens is 482 g/mol. The number of aromatic amines is 1. The van der Waals surface area contributed by atoms with E-state index >= 15 is 0 Å². The molecule has 186 valence electrons. The third-order valence-electron chi connectivity index (χ3n) is 5.79. The Balaban J connectivity index is 1.39. The monoisotopic (exact) mass is 507 g/mol. The molecule has 1 aromatic carbocycles. The van der Waals surface area contributed by atoms with Gasteiger partial charge in [0.25, 0.3) is 5.91 Å². The van der Waals surface area contributed by atoms with Gasteiger partial charge in [-0.25, -0.2) is 25.4 Å². The summed E-state index contributed by atoms with van der Waals surface area (Å²) < 4.78 is 5.21. The highest BCUT2D eigenvalue weighted by Gasteiger charge is 2.30. The van der Waals surface area contributed by atoms with Crippen LogP contribution >= 0.6 is 11.8 Å². The molecule has 0 radical (unpaired) electrons. The molecule has 4 aromatic rings. The predicted octanol–water partition coefficient (Wildman–Crippen LogP) is 2.14. The molecule has 13 heteroatoms. The minimum Gasteiger partial charge on any atom is -0.383 e. The van der Waals surface area contributed by atoms with Crippen LogP contribution in [-0.4, -0.2) is 80.4 Å². The first kappa shape index (κ1) is 23.9. The highest BCUT2D eigenvalue weighted by Crippen LogP contribution is 2.42. The fourth-order valence-corrected chi connectivity index (χ4v) is 5.41. The first-order valence-electron chi connectivity index (χ1n) is 11.3. The topological polar surface area (TPSA) is 154 Å². The zero-order valence-electron chi connectivity index (χ0n) is 19.7. The van der Waals surface area contributed by atoms with Crippen molar-refractivity contribution in [3.05, 3.63) is 48.0 Å². The van der Waals surface area contributed by atoms with Crippen LogP contribution in [0.4, 0.5) is 11.8 Å². The van der Waals surface area contributed by atoms with Gasteiger partial charge in [-0.1, -0.05) is 12.1 Å². The van der Waals surface area contributed by atoms with Gasteiger partial charge in [-0.2, -0.15) is 5.10 Å². The van der Waals surface area contributed by atoms with Gasteiger partial charge >= 0.3 is 0 Å². The average molecular weight is 508 g/mol. The standard InChI is InChI=1S/C23H25N9O3S/c1-32(23-25-9-13(10-26-23)22(33)31-34)12-14-8-18-19(36-14)21(24-6-7-35-2)29-20(28-18)15-4-3-5-17-16(15)11-27-30-17/h3-5,9-11,14,34H,6-8,12H2,1-2H3,(H,27,30)(H,31,33)(H,24,28,29). The van der Waals surface area contributed by atoms with E-state index in [0.717, 1.165) is 39.3 Å². The molecule has 12 nitrogen and oxygen atoms in total. The van der Waals surface area contributed by atoms with Crippen molar-refractivity contribution in [3.8, 4) is 11.4 Å². The summed E-state index contributed by atoms with van der Waals surface area (Å²) in [4.78, 5) is 32.8. The lowest BCUT2D eigenvalue weighted by atomic mass is 10.1. The quantitative estimate of drug-likeness (QED) is 0.150. The molecule has 1 amide bonds. The van der Waals surface area contributed by atoms with E-state index in [9.17, 15) is 4.79 Å². The van der Waals surface area contributed by atoms with Gasteiger partial charge in [0, 0.05) is 62.3 Å².